The second-order valence-electron chi connectivity index (χ2n) is 9.30. The van der Waals surface area contributed by atoms with E-state index in [9.17, 15) is 14.9 Å². The van der Waals surface area contributed by atoms with Crippen molar-refractivity contribution >= 4 is 28.3 Å². The van der Waals surface area contributed by atoms with Crippen LogP contribution in [0.3, 0.4) is 0 Å². The third-order valence-corrected chi connectivity index (χ3v) is 7.65. The molecule has 1 unspecified atom stereocenters. The normalized spacial score (nSPS) is 14.3. The monoisotopic (exact) mass is 535 g/mol. The summed E-state index contributed by atoms with van der Waals surface area (Å²) >= 11 is 1.46. The van der Waals surface area contributed by atoms with Gasteiger partial charge in [0.05, 0.1) is 30.8 Å². The molecule has 38 heavy (non-hydrogen) atoms. The van der Waals surface area contributed by atoms with Crippen LogP contribution in [0.25, 0.3) is 0 Å². The number of ether oxygens (including phenoxy) is 2. The van der Waals surface area contributed by atoms with Gasteiger partial charge in [-0.05, 0) is 62.6 Å². The Morgan fingerprint density at radius 3 is 2.92 bits per heavy atom. The molecule has 0 aliphatic heterocycles. The highest BCUT2D eigenvalue weighted by Crippen LogP contribution is 2.39. The Balaban J connectivity index is 1.26. The largest absolute Gasteiger partial charge is 0.494 e. The number of thiophene rings is 1. The predicted molar refractivity (Wildman–Crippen MR) is 145 cm³/mol. The molecule has 1 aromatic carbocycles. The number of nitrogens with one attached hydrogen (secondary N) is 2. The van der Waals surface area contributed by atoms with Gasteiger partial charge in [-0.25, -0.2) is 9.78 Å². The molecule has 2 aromatic heterocycles. The first-order valence-electron chi connectivity index (χ1n) is 12.9. The van der Waals surface area contributed by atoms with Crippen molar-refractivity contribution in [1.82, 2.24) is 14.9 Å². The minimum Gasteiger partial charge on any atom is -0.494 e. The van der Waals surface area contributed by atoms with E-state index in [0.29, 0.717) is 56.1 Å². The predicted octanol–water partition coefficient (Wildman–Crippen LogP) is 4.63. The van der Waals surface area contributed by atoms with Crippen LogP contribution in [0.1, 0.15) is 47.0 Å². The Morgan fingerprint density at radius 1 is 1.32 bits per heavy atom. The number of aryl methyl sites for hydroxylation is 2. The van der Waals surface area contributed by atoms with Gasteiger partial charge in [0.25, 0.3) is 0 Å². The van der Waals surface area contributed by atoms with Crippen molar-refractivity contribution in [3.05, 3.63) is 64.1 Å². The maximum Gasteiger partial charge on any atom is 0.407 e. The topological polar surface area (TPSA) is 118 Å². The van der Waals surface area contributed by atoms with Crippen LogP contribution in [0.2, 0.25) is 0 Å². The Kier molecular flexibility index (Phi) is 9.38. The van der Waals surface area contributed by atoms with Crippen molar-refractivity contribution in [3.63, 3.8) is 0 Å². The van der Waals surface area contributed by atoms with Crippen molar-refractivity contribution in [2.75, 3.05) is 25.1 Å². The number of benzene rings is 1. The molecule has 10 heteroatoms. The molecule has 0 radical (unpaired) electrons. The highest BCUT2D eigenvalue weighted by atomic mass is 32.1. The van der Waals surface area contributed by atoms with Gasteiger partial charge in [-0.3, -0.25) is 4.79 Å². The molecule has 0 saturated heterocycles. The molecule has 0 saturated carbocycles. The summed E-state index contributed by atoms with van der Waals surface area (Å²) in [5, 5.41) is 16.1. The maximum absolute atomic E-state index is 12.7. The van der Waals surface area contributed by atoms with Gasteiger partial charge in [-0.15, -0.1) is 11.3 Å². The van der Waals surface area contributed by atoms with Crippen LogP contribution < -0.4 is 15.4 Å². The summed E-state index contributed by atoms with van der Waals surface area (Å²) in [7, 11) is 0. The van der Waals surface area contributed by atoms with E-state index in [1.54, 1.807) is 6.33 Å². The second-order valence-corrected chi connectivity index (χ2v) is 10.4. The van der Waals surface area contributed by atoms with E-state index in [-0.39, 0.29) is 11.8 Å². The molecule has 3 aromatic rings. The first kappa shape index (κ1) is 27.2. The Hall–Kier alpha value is -3.84. The molecule has 0 fully saturated rings. The third kappa shape index (κ3) is 7.13. The first-order chi connectivity index (χ1) is 18.5. The highest BCUT2D eigenvalue weighted by molar-refractivity contribution is 7.16. The number of alkyl carbamates (subject to hydrolysis) is 1. The summed E-state index contributed by atoms with van der Waals surface area (Å²) in [6, 6.07) is 10.0. The van der Waals surface area contributed by atoms with E-state index in [0.717, 1.165) is 40.3 Å². The molecule has 2 heterocycles. The number of hydrogen-bond acceptors (Lipinski definition) is 7. The molecular formula is C28H33N5O4S. The van der Waals surface area contributed by atoms with Gasteiger partial charge in [0.15, 0.2) is 0 Å². The molecule has 4 rings (SSSR count). The number of nitriles is 1. The van der Waals surface area contributed by atoms with Crippen LogP contribution in [0.15, 0.2) is 36.8 Å². The zero-order chi connectivity index (χ0) is 26.9. The number of imidazole rings is 1. The molecule has 0 spiro atoms. The van der Waals surface area contributed by atoms with E-state index >= 15 is 0 Å². The van der Waals surface area contributed by atoms with Gasteiger partial charge in [-0.2, -0.15) is 5.26 Å². The Morgan fingerprint density at radius 2 is 2.16 bits per heavy atom. The van der Waals surface area contributed by atoms with E-state index in [4.69, 9.17) is 9.47 Å². The van der Waals surface area contributed by atoms with Crippen LogP contribution in [0.4, 0.5) is 9.80 Å². The van der Waals surface area contributed by atoms with Crippen LogP contribution in [-0.2, 0) is 35.3 Å². The molecule has 200 valence electrons. The number of carbonyl (C=O) groups is 2. The van der Waals surface area contributed by atoms with Gasteiger partial charge in [0, 0.05) is 30.6 Å². The highest BCUT2D eigenvalue weighted by Gasteiger charge is 2.27. The van der Waals surface area contributed by atoms with E-state index in [2.05, 4.69) is 21.7 Å². The summed E-state index contributed by atoms with van der Waals surface area (Å²) in [4.78, 5) is 30.1. The zero-order valence-corrected chi connectivity index (χ0v) is 22.6. The van der Waals surface area contributed by atoms with Gasteiger partial charge in [0.2, 0.25) is 5.91 Å². The molecule has 9 nitrogen and oxygen atoms in total. The summed E-state index contributed by atoms with van der Waals surface area (Å²) < 4.78 is 13.0. The number of rotatable bonds is 11. The summed E-state index contributed by atoms with van der Waals surface area (Å²) in [6.45, 7) is 5.82. The Bertz CT molecular complexity index is 1310. The second kappa shape index (κ2) is 13.1. The molecule has 1 aliphatic rings. The fourth-order valence-corrected chi connectivity index (χ4v) is 5.90. The van der Waals surface area contributed by atoms with E-state index in [1.165, 1.54) is 11.3 Å². The zero-order valence-electron chi connectivity index (χ0n) is 21.8. The third-order valence-electron chi connectivity index (χ3n) is 6.48. The standard InChI is InChI=1S/C28H33N5O4S/c1-3-36-24-7-5-4-6-21(24)9-11-26(34)32-27-23(15-29)22-10-8-20(14-25(22)38-27)17-37-28(35)30-12-13-33-16-19(2)31-18-33/h4-7,16,18,20H,3,8-14,17H2,1-2H3,(H,30,35)(H,32,34). The molecule has 0 bridgehead atoms. The van der Waals surface area contributed by atoms with Crippen molar-refractivity contribution < 1.29 is 19.1 Å². The minimum atomic E-state index is -0.435. The molecule has 2 N–H and O–H groups in total. The number of carbonyl (C=O) groups excluding carboxylic acids is 2. The Labute approximate surface area is 226 Å². The minimum absolute atomic E-state index is 0.131. The summed E-state index contributed by atoms with van der Waals surface area (Å²) in [5.41, 5.74) is 3.48. The average molecular weight is 536 g/mol. The van der Waals surface area contributed by atoms with Gasteiger partial charge < -0.3 is 24.7 Å². The maximum atomic E-state index is 12.7. The fraction of sp³-hybridized carbons (Fsp3) is 0.429. The average Bonchev–Trinajstić information content (AvgIpc) is 3.48. The lowest BCUT2D eigenvalue weighted by molar-refractivity contribution is -0.116. The molecule has 1 aliphatic carbocycles. The van der Waals surface area contributed by atoms with Crippen LogP contribution in [-0.4, -0.2) is 41.3 Å². The number of amides is 2. The van der Waals surface area contributed by atoms with Crippen molar-refractivity contribution in [1.29, 1.82) is 5.26 Å². The quantitative estimate of drug-likeness (QED) is 0.370. The summed E-state index contributed by atoms with van der Waals surface area (Å²) in [6.07, 6.45) is 6.33. The van der Waals surface area contributed by atoms with E-state index < -0.39 is 6.09 Å². The number of para-hydroxylation sites is 1. The number of aromatic nitrogens is 2. The smallest absolute Gasteiger partial charge is 0.407 e. The van der Waals surface area contributed by atoms with Crippen LogP contribution in [0.5, 0.6) is 5.75 Å². The van der Waals surface area contributed by atoms with E-state index in [1.807, 2.05) is 48.9 Å². The lowest BCUT2D eigenvalue weighted by Gasteiger charge is -2.21. The van der Waals surface area contributed by atoms with Crippen molar-refractivity contribution in [3.8, 4) is 11.8 Å². The molecule has 2 amide bonds. The van der Waals surface area contributed by atoms with Gasteiger partial charge in [0.1, 0.15) is 16.8 Å². The SMILES string of the molecule is CCOc1ccccc1CCC(=O)Nc1sc2c(c1C#N)CCC(COC(=O)NCCn1cnc(C)c1)C2. The van der Waals surface area contributed by atoms with Crippen molar-refractivity contribution in [2.45, 2.75) is 52.5 Å². The fourth-order valence-electron chi connectivity index (χ4n) is 4.57. The number of anilines is 1. The summed E-state index contributed by atoms with van der Waals surface area (Å²) in [5.74, 6) is 0.837. The molecule has 1 atom stereocenters. The lowest BCUT2D eigenvalue weighted by atomic mass is 9.88. The lowest BCUT2D eigenvalue weighted by Crippen LogP contribution is -2.30. The van der Waals surface area contributed by atoms with Crippen LogP contribution >= 0.6 is 11.3 Å². The first-order valence-corrected chi connectivity index (χ1v) is 13.7. The van der Waals surface area contributed by atoms with Crippen LogP contribution in [0, 0.1) is 24.2 Å². The van der Waals surface area contributed by atoms with Crippen molar-refractivity contribution in [2.24, 2.45) is 5.92 Å². The number of hydrogen-bond donors (Lipinski definition) is 2. The van der Waals surface area contributed by atoms with Gasteiger partial charge >= 0.3 is 6.09 Å². The van der Waals surface area contributed by atoms with Gasteiger partial charge in [-0.1, -0.05) is 18.2 Å². The number of fused-ring (bicyclic) bond motifs is 1. The molecular weight excluding hydrogens is 502 g/mol. The number of nitrogens with zero attached hydrogens (tertiary/aromatic N) is 3.